The first-order chi connectivity index (χ1) is 9.27. The van der Waals surface area contributed by atoms with E-state index in [4.69, 9.17) is 5.73 Å². The lowest BCUT2D eigenvalue weighted by molar-refractivity contribution is -0.136. The van der Waals surface area contributed by atoms with Gasteiger partial charge in [-0.25, -0.2) is 0 Å². The number of carbonyl (C=O) groups is 1. The number of rotatable bonds is 4. The molecular weight excluding hydrogens is 236 g/mol. The van der Waals surface area contributed by atoms with Crippen LogP contribution < -0.4 is 5.73 Å². The molecular formula is C16H24N2O. The highest BCUT2D eigenvalue weighted by Gasteiger charge is 2.30. The predicted molar refractivity (Wildman–Crippen MR) is 77.9 cm³/mol. The number of hydrogen-bond acceptors (Lipinski definition) is 2. The van der Waals surface area contributed by atoms with Crippen LogP contribution in [0.1, 0.15) is 44.1 Å². The highest BCUT2D eigenvalue weighted by atomic mass is 16.2. The molecule has 1 aliphatic heterocycles. The Bertz CT molecular complexity index is 404. The largest absolute Gasteiger partial charge is 0.338 e. The van der Waals surface area contributed by atoms with Crippen molar-refractivity contribution in [2.45, 2.75) is 44.6 Å². The monoisotopic (exact) mass is 260 g/mol. The maximum absolute atomic E-state index is 12.8. The molecule has 1 fully saturated rings. The average molecular weight is 260 g/mol. The number of benzene rings is 1. The Balaban J connectivity index is 2.16. The van der Waals surface area contributed by atoms with E-state index in [-0.39, 0.29) is 17.9 Å². The number of amides is 1. The lowest BCUT2D eigenvalue weighted by atomic mass is 9.92. The first-order valence-electron chi connectivity index (χ1n) is 7.33. The molecule has 0 saturated carbocycles. The van der Waals surface area contributed by atoms with Crippen molar-refractivity contribution >= 4 is 5.91 Å². The zero-order valence-corrected chi connectivity index (χ0v) is 11.7. The van der Waals surface area contributed by atoms with Crippen LogP contribution in [0.5, 0.6) is 0 Å². The second kappa shape index (κ2) is 6.71. The van der Waals surface area contributed by atoms with Crippen LogP contribution in [0.3, 0.4) is 0 Å². The Labute approximate surface area is 115 Å². The van der Waals surface area contributed by atoms with E-state index in [9.17, 15) is 4.79 Å². The van der Waals surface area contributed by atoms with Crippen molar-refractivity contribution in [3.63, 3.8) is 0 Å². The number of piperidine rings is 1. The van der Waals surface area contributed by atoms with Crippen molar-refractivity contribution in [1.29, 1.82) is 0 Å². The molecule has 1 aliphatic rings. The van der Waals surface area contributed by atoms with Crippen molar-refractivity contribution in [3.8, 4) is 0 Å². The maximum Gasteiger partial charge on any atom is 0.230 e. The number of carbonyl (C=O) groups excluding carboxylic acids is 1. The van der Waals surface area contributed by atoms with Crippen LogP contribution in [0.25, 0.3) is 0 Å². The SMILES string of the molecule is CCC(C(=O)N1CCCCC1CN)c1ccccc1. The summed E-state index contributed by atoms with van der Waals surface area (Å²) in [5, 5.41) is 0. The topological polar surface area (TPSA) is 46.3 Å². The molecule has 0 radical (unpaired) electrons. The third-order valence-electron chi connectivity index (χ3n) is 4.09. The van der Waals surface area contributed by atoms with Gasteiger partial charge >= 0.3 is 0 Å². The summed E-state index contributed by atoms with van der Waals surface area (Å²) in [5.41, 5.74) is 6.94. The van der Waals surface area contributed by atoms with Crippen LogP contribution >= 0.6 is 0 Å². The first-order valence-corrected chi connectivity index (χ1v) is 7.33. The van der Waals surface area contributed by atoms with Crippen molar-refractivity contribution in [2.75, 3.05) is 13.1 Å². The number of hydrogen-bond donors (Lipinski definition) is 1. The Morgan fingerprint density at radius 3 is 2.74 bits per heavy atom. The minimum atomic E-state index is -0.0200. The third-order valence-corrected chi connectivity index (χ3v) is 4.09. The molecule has 104 valence electrons. The van der Waals surface area contributed by atoms with Crippen LogP contribution in [-0.4, -0.2) is 29.9 Å². The highest BCUT2D eigenvalue weighted by Crippen LogP contribution is 2.26. The van der Waals surface area contributed by atoms with Gasteiger partial charge in [0.1, 0.15) is 0 Å². The molecule has 0 aromatic heterocycles. The van der Waals surface area contributed by atoms with E-state index in [1.165, 1.54) is 6.42 Å². The number of nitrogens with zero attached hydrogens (tertiary/aromatic N) is 1. The molecule has 0 aliphatic carbocycles. The van der Waals surface area contributed by atoms with Gasteiger partial charge in [0, 0.05) is 19.1 Å². The van der Waals surface area contributed by atoms with Crippen molar-refractivity contribution < 1.29 is 4.79 Å². The maximum atomic E-state index is 12.8. The van der Waals surface area contributed by atoms with E-state index >= 15 is 0 Å². The fraction of sp³-hybridized carbons (Fsp3) is 0.562. The van der Waals surface area contributed by atoms with Crippen LogP contribution in [-0.2, 0) is 4.79 Å². The van der Waals surface area contributed by atoms with E-state index in [2.05, 4.69) is 6.92 Å². The van der Waals surface area contributed by atoms with Gasteiger partial charge in [0.2, 0.25) is 5.91 Å². The van der Waals surface area contributed by atoms with Gasteiger partial charge < -0.3 is 10.6 Å². The quantitative estimate of drug-likeness (QED) is 0.904. The lowest BCUT2D eigenvalue weighted by Crippen LogP contribution is -2.49. The van der Waals surface area contributed by atoms with Gasteiger partial charge in [0.25, 0.3) is 0 Å². The van der Waals surface area contributed by atoms with Gasteiger partial charge in [0.05, 0.1) is 5.92 Å². The van der Waals surface area contributed by atoms with Gasteiger partial charge in [-0.2, -0.15) is 0 Å². The van der Waals surface area contributed by atoms with E-state index < -0.39 is 0 Å². The van der Waals surface area contributed by atoms with E-state index in [0.29, 0.717) is 6.54 Å². The molecule has 1 saturated heterocycles. The second-order valence-electron chi connectivity index (χ2n) is 5.29. The molecule has 1 aromatic rings. The average Bonchev–Trinajstić information content (AvgIpc) is 2.49. The summed E-state index contributed by atoms with van der Waals surface area (Å²) in [7, 11) is 0. The van der Waals surface area contributed by atoms with E-state index in [0.717, 1.165) is 31.4 Å². The van der Waals surface area contributed by atoms with Crippen molar-refractivity contribution in [3.05, 3.63) is 35.9 Å². The summed E-state index contributed by atoms with van der Waals surface area (Å²) in [6.45, 7) is 3.53. The molecule has 0 spiro atoms. The van der Waals surface area contributed by atoms with Crippen LogP contribution in [0.2, 0.25) is 0 Å². The van der Waals surface area contributed by atoms with Gasteiger partial charge in [-0.3, -0.25) is 4.79 Å². The summed E-state index contributed by atoms with van der Waals surface area (Å²) >= 11 is 0. The Kier molecular flexibility index (Phi) is 4.97. The fourth-order valence-corrected chi connectivity index (χ4v) is 2.97. The highest BCUT2D eigenvalue weighted by molar-refractivity contribution is 5.84. The lowest BCUT2D eigenvalue weighted by Gasteiger charge is -2.37. The van der Waals surface area contributed by atoms with Crippen LogP contribution in [0, 0.1) is 0 Å². The molecule has 2 rings (SSSR count). The molecule has 1 amide bonds. The Hall–Kier alpha value is -1.35. The molecule has 0 bridgehead atoms. The van der Waals surface area contributed by atoms with Gasteiger partial charge in [-0.15, -0.1) is 0 Å². The Morgan fingerprint density at radius 2 is 2.11 bits per heavy atom. The summed E-state index contributed by atoms with van der Waals surface area (Å²) < 4.78 is 0. The van der Waals surface area contributed by atoms with Gasteiger partial charge in [-0.1, -0.05) is 37.3 Å². The summed E-state index contributed by atoms with van der Waals surface area (Å²) in [4.78, 5) is 14.8. The molecule has 19 heavy (non-hydrogen) atoms. The van der Waals surface area contributed by atoms with E-state index in [1.54, 1.807) is 0 Å². The van der Waals surface area contributed by atoms with Crippen LogP contribution in [0.15, 0.2) is 30.3 Å². The minimum Gasteiger partial charge on any atom is -0.338 e. The smallest absolute Gasteiger partial charge is 0.230 e. The number of likely N-dealkylation sites (tertiary alicyclic amines) is 1. The predicted octanol–water partition coefficient (Wildman–Crippen LogP) is 2.52. The molecule has 2 atom stereocenters. The second-order valence-corrected chi connectivity index (χ2v) is 5.29. The van der Waals surface area contributed by atoms with Gasteiger partial charge in [-0.05, 0) is 31.2 Å². The first kappa shape index (κ1) is 14.1. The molecule has 1 heterocycles. The van der Waals surface area contributed by atoms with Gasteiger partial charge in [0.15, 0.2) is 0 Å². The zero-order valence-electron chi connectivity index (χ0n) is 11.7. The fourth-order valence-electron chi connectivity index (χ4n) is 2.97. The van der Waals surface area contributed by atoms with E-state index in [1.807, 2.05) is 35.2 Å². The molecule has 2 unspecified atom stereocenters. The van der Waals surface area contributed by atoms with Crippen molar-refractivity contribution in [1.82, 2.24) is 4.90 Å². The normalized spacial score (nSPS) is 21.2. The number of nitrogens with two attached hydrogens (primary N) is 1. The minimum absolute atomic E-state index is 0.0200. The molecule has 2 N–H and O–H groups in total. The molecule has 3 nitrogen and oxygen atoms in total. The molecule has 3 heteroatoms. The standard InChI is InChI=1S/C16H24N2O/c1-2-15(13-8-4-3-5-9-13)16(19)18-11-7-6-10-14(18)12-17/h3-5,8-9,14-15H,2,6-7,10-12,17H2,1H3. The summed E-state index contributed by atoms with van der Waals surface area (Å²) in [5.74, 6) is 0.234. The Morgan fingerprint density at radius 1 is 1.37 bits per heavy atom. The van der Waals surface area contributed by atoms with Crippen LogP contribution in [0.4, 0.5) is 0 Å². The van der Waals surface area contributed by atoms with Crippen molar-refractivity contribution in [2.24, 2.45) is 5.73 Å². The third kappa shape index (κ3) is 3.16. The summed E-state index contributed by atoms with van der Waals surface area (Å²) in [6.07, 6.45) is 4.19. The summed E-state index contributed by atoms with van der Waals surface area (Å²) in [6, 6.07) is 10.3. The molecule has 1 aromatic carbocycles. The zero-order chi connectivity index (χ0) is 13.7.